The zero-order valence-electron chi connectivity index (χ0n) is 8.69. The van der Waals surface area contributed by atoms with Crippen molar-refractivity contribution in [2.24, 2.45) is 5.73 Å². The molecule has 0 radical (unpaired) electrons. The first kappa shape index (κ1) is 10.1. The first-order chi connectivity index (χ1) is 7.24. The van der Waals surface area contributed by atoms with Crippen LogP contribution in [0.5, 0.6) is 17.2 Å². The maximum atomic E-state index is 9.98. The van der Waals surface area contributed by atoms with Crippen LogP contribution < -0.4 is 15.2 Å². The number of hydrogen-bond donors (Lipinski definition) is 2. The predicted octanol–water partition coefficient (Wildman–Crippen LogP) is 1.23. The molecule has 1 aromatic carbocycles. The largest absolute Gasteiger partial charge is 0.504 e. The summed E-state index contributed by atoms with van der Waals surface area (Å²) in [6.07, 6.45) is 0. The molecule has 0 amide bonds. The molecule has 4 heteroatoms. The van der Waals surface area contributed by atoms with Crippen LogP contribution in [-0.2, 0) is 0 Å². The van der Waals surface area contributed by atoms with Gasteiger partial charge in [0.15, 0.2) is 11.5 Å². The van der Waals surface area contributed by atoms with Crippen molar-refractivity contribution in [2.45, 2.75) is 12.8 Å². The van der Waals surface area contributed by atoms with Crippen LogP contribution in [-0.4, -0.2) is 24.9 Å². The lowest BCUT2D eigenvalue weighted by Crippen LogP contribution is -2.16. The van der Waals surface area contributed by atoms with E-state index in [1.165, 1.54) is 0 Å². The molecule has 1 heterocycles. The molecule has 1 aromatic rings. The number of fused-ring (bicyclic) bond motifs is 1. The van der Waals surface area contributed by atoms with Gasteiger partial charge in [0.25, 0.3) is 0 Å². The lowest BCUT2D eigenvalue weighted by molar-refractivity contribution is 0.165. The molecule has 1 unspecified atom stereocenters. The van der Waals surface area contributed by atoms with Gasteiger partial charge in [0.2, 0.25) is 5.75 Å². The highest BCUT2D eigenvalue weighted by molar-refractivity contribution is 5.56. The Kier molecular flexibility index (Phi) is 2.68. The molecule has 1 aliphatic rings. The first-order valence-electron chi connectivity index (χ1n) is 5.05. The van der Waals surface area contributed by atoms with Gasteiger partial charge < -0.3 is 20.3 Å². The number of nitrogens with two attached hydrogens (primary N) is 1. The van der Waals surface area contributed by atoms with Crippen molar-refractivity contribution in [3.05, 3.63) is 17.7 Å². The van der Waals surface area contributed by atoms with E-state index in [0.29, 0.717) is 31.3 Å². The summed E-state index contributed by atoms with van der Waals surface area (Å²) in [5.74, 6) is 1.32. The summed E-state index contributed by atoms with van der Waals surface area (Å²) >= 11 is 0. The van der Waals surface area contributed by atoms with Crippen LogP contribution >= 0.6 is 0 Å². The zero-order valence-corrected chi connectivity index (χ0v) is 8.69. The number of hydrogen-bond acceptors (Lipinski definition) is 4. The molecule has 2 rings (SSSR count). The van der Waals surface area contributed by atoms with Crippen molar-refractivity contribution in [1.82, 2.24) is 0 Å². The molecule has 0 aliphatic carbocycles. The monoisotopic (exact) mass is 209 g/mol. The summed E-state index contributed by atoms with van der Waals surface area (Å²) < 4.78 is 10.7. The van der Waals surface area contributed by atoms with Crippen LogP contribution in [0.25, 0.3) is 0 Å². The van der Waals surface area contributed by atoms with Crippen LogP contribution in [0.3, 0.4) is 0 Å². The second-order valence-electron chi connectivity index (χ2n) is 3.66. The summed E-state index contributed by atoms with van der Waals surface area (Å²) in [5, 5.41) is 9.98. The Bertz CT molecular complexity index is 365. The van der Waals surface area contributed by atoms with Crippen LogP contribution in [0.4, 0.5) is 0 Å². The highest BCUT2D eigenvalue weighted by Crippen LogP contribution is 2.43. The van der Waals surface area contributed by atoms with E-state index in [9.17, 15) is 5.11 Å². The van der Waals surface area contributed by atoms with E-state index in [4.69, 9.17) is 15.2 Å². The van der Waals surface area contributed by atoms with E-state index in [0.717, 1.165) is 5.56 Å². The van der Waals surface area contributed by atoms with Crippen molar-refractivity contribution < 1.29 is 14.6 Å². The molecule has 0 saturated carbocycles. The number of benzene rings is 1. The Morgan fingerprint density at radius 3 is 2.87 bits per heavy atom. The predicted molar refractivity (Wildman–Crippen MR) is 56.6 cm³/mol. The SMILES string of the molecule is CC(CN)c1ccc2c(c1O)OCCO2. The summed E-state index contributed by atoms with van der Waals surface area (Å²) in [6.45, 7) is 3.46. The maximum absolute atomic E-state index is 9.98. The molecule has 3 N–H and O–H groups in total. The fraction of sp³-hybridized carbons (Fsp3) is 0.455. The summed E-state index contributed by atoms with van der Waals surface area (Å²) in [4.78, 5) is 0. The van der Waals surface area contributed by atoms with Gasteiger partial charge in [-0.2, -0.15) is 0 Å². The summed E-state index contributed by atoms with van der Waals surface area (Å²) in [7, 11) is 0. The third-order valence-corrected chi connectivity index (χ3v) is 2.60. The van der Waals surface area contributed by atoms with E-state index >= 15 is 0 Å². The molecule has 0 saturated heterocycles. The quantitative estimate of drug-likeness (QED) is 0.768. The third-order valence-electron chi connectivity index (χ3n) is 2.60. The van der Waals surface area contributed by atoms with E-state index in [1.807, 2.05) is 19.1 Å². The van der Waals surface area contributed by atoms with Gasteiger partial charge in [0.05, 0.1) is 0 Å². The number of rotatable bonds is 2. The Hall–Kier alpha value is -1.42. The van der Waals surface area contributed by atoms with E-state index in [1.54, 1.807) is 0 Å². The first-order valence-corrected chi connectivity index (χ1v) is 5.05. The minimum Gasteiger partial charge on any atom is -0.504 e. The van der Waals surface area contributed by atoms with Crippen molar-refractivity contribution in [2.75, 3.05) is 19.8 Å². The lowest BCUT2D eigenvalue weighted by Gasteiger charge is -2.21. The molecule has 0 bridgehead atoms. The van der Waals surface area contributed by atoms with Crippen molar-refractivity contribution in [3.63, 3.8) is 0 Å². The van der Waals surface area contributed by atoms with Gasteiger partial charge in [-0.15, -0.1) is 0 Å². The standard InChI is InChI=1S/C11H15NO3/c1-7(6-12)8-2-3-9-11(10(8)13)15-5-4-14-9/h2-3,7,13H,4-6,12H2,1H3. The average Bonchev–Trinajstić information content (AvgIpc) is 2.29. The fourth-order valence-electron chi connectivity index (χ4n) is 1.64. The zero-order chi connectivity index (χ0) is 10.8. The summed E-state index contributed by atoms with van der Waals surface area (Å²) in [6, 6.07) is 3.65. The Morgan fingerprint density at radius 2 is 2.13 bits per heavy atom. The molecular weight excluding hydrogens is 194 g/mol. The number of ether oxygens (including phenoxy) is 2. The molecule has 0 aromatic heterocycles. The highest BCUT2D eigenvalue weighted by atomic mass is 16.6. The van der Waals surface area contributed by atoms with Gasteiger partial charge in [-0.05, 0) is 18.5 Å². The minimum atomic E-state index is 0.112. The minimum absolute atomic E-state index is 0.112. The Balaban J connectivity index is 2.43. The van der Waals surface area contributed by atoms with Crippen LogP contribution in [0.2, 0.25) is 0 Å². The molecule has 0 fully saturated rings. The molecule has 4 nitrogen and oxygen atoms in total. The normalized spacial score (nSPS) is 16.1. The van der Waals surface area contributed by atoms with Crippen molar-refractivity contribution in [1.29, 1.82) is 0 Å². The van der Waals surface area contributed by atoms with Crippen molar-refractivity contribution >= 4 is 0 Å². The van der Waals surface area contributed by atoms with Crippen molar-refractivity contribution in [3.8, 4) is 17.2 Å². The van der Waals surface area contributed by atoms with Gasteiger partial charge in [-0.1, -0.05) is 13.0 Å². The molecule has 1 aliphatic heterocycles. The number of aromatic hydroxyl groups is 1. The molecule has 0 spiro atoms. The molecular formula is C11H15NO3. The molecule has 15 heavy (non-hydrogen) atoms. The van der Waals surface area contributed by atoms with Gasteiger partial charge in [-0.25, -0.2) is 0 Å². The van der Waals surface area contributed by atoms with E-state index < -0.39 is 0 Å². The van der Waals surface area contributed by atoms with Gasteiger partial charge in [-0.3, -0.25) is 0 Å². The van der Waals surface area contributed by atoms with Gasteiger partial charge in [0.1, 0.15) is 13.2 Å². The second-order valence-corrected chi connectivity index (χ2v) is 3.66. The van der Waals surface area contributed by atoms with E-state index in [2.05, 4.69) is 0 Å². The number of phenols is 1. The van der Waals surface area contributed by atoms with Gasteiger partial charge >= 0.3 is 0 Å². The van der Waals surface area contributed by atoms with Crippen LogP contribution in [0.15, 0.2) is 12.1 Å². The molecule has 1 atom stereocenters. The van der Waals surface area contributed by atoms with Crippen LogP contribution in [0.1, 0.15) is 18.4 Å². The Labute approximate surface area is 88.6 Å². The topological polar surface area (TPSA) is 64.7 Å². The third kappa shape index (κ3) is 1.72. The smallest absolute Gasteiger partial charge is 0.203 e. The van der Waals surface area contributed by atoms with Crippen LogP contribution in [0, 0.1) is 0 Å². The fourth-order valence-corrected chi connectivity index (χ4v) is 1.64. The average molecular weight is 209 g/mol. The number of phenolic OH excluding ortho intramolecular Hbond substituents is 1. The Morgan fingerprint density at radius 1 is 1.40 bits per heavy atom. The summed E-state index contributed by atoms with van der Waals surface area (Å²) in [5.41, 5.74) is 6.37. The maximum Gasteiger partial charge on any atom is 0.203 e. The lowest BCUT2D eigenvalue weighted by atomic mass is 9.99. The molecule has 82 valence electrons. The van der Waals surface area contributed by atoms with Gasteiger partial charge in [0, 0.05) is 5.56 Å². The highest BCUT2D eigenvalue weighted by Gasteiger charge is 2.20. The van der Waals surface area contributed by atoms with E-state index in [-0.39, 0.29) is 11.7 Å². The second kappa shape index (κ2) is 3.98.